The van der Waals surface area contributed by atoms with Gasteiger partial charge in [-0.15, -0.1) is 0 Å². The van der Waals surface area contributed by atoms with Crippen LogP contribution in [0.2, 0.25) is 0 Å². The van der Waals surface area contributed by atoms with E-state index in [0.29, 0.717) is 39.7 Å². The van der Waals surface area contributed by atoms with Gasteiger partial charge in [-0.3, -0.25) is 4.79 Å². The lowest BCUT2D eigenvalue weighted by atomic mass is 9.95. The minimum absolute atomic E-state index is 0.167. The monoisotopic (exact) mass is 371 g/mol. The smallest absolute Gasteiger partial charge is 0.246 e. The van der Waals surface area contributed by atoms with Gasteiger partial charge in [-0.25, -0.2) is 0 Å². The van der Waals surface area contributed by atoms with Crippen LogP contribution in [0.5, 0.6) is 23.0 Å². The van der Waals surface area contributed by atoms with Gasteiger partial charge >= 0.3 is 0 Å². The average molecular weight is 371 g/mol. The fourth-order valence-electron chi connectivity index (χ4n) is 2.60. The Morgan fingerprint density at radius 3 is 1.56 bits per heavy atom. The quantitative estimate of drug-likeness (QED) is 0.700. The van der Waals surface area contributed by atoms with Crippen molar-refractivity contribution in [3.05, 3.63) is 53.6 Å². The van der Waals surface area contributed by atoms with E-state index in [2.05, 4.69) is 0 Å². The number of carbonyl (C=O) groups excluding carboxylic acids is 1. The number of amides is 1. The van der Waals surface area contributed by atoms with Crippen molar-refractivity contribution in [1.82, 2.24) is 4.90 Å². The Morgan fingerprint density at radius 2 is 1.22 bits per heavy atom. The Morgan fingerprint density at radius 1 is 0.778 bits per heavy atom. The van der Waals surface area contributed by atoms with Gasteiger partial charge in [0.05, 0.1) is 28.4 Å². The molecule has 2 aromatic rings. The molecule has 0 saturated heterocycles. The van der Waals surface area contributed by atoms with Crippen molar-refractivity contribution in [2.75, 3.05) is 42.5 Å². The van der Waals surface area contributed by atoms with Crippen LogP contribution in [-0.4, -0.2) is 53.3 Å². The number of carbonyl (C=O) groups is 1. The summed E-state index contributed by atoms with van der Waals surface area (Å²) in [4.78, 5) is 14.0. The summed E-state index contributed by atoms with van der Waals surface area (Å²) in [7, 11) is 9.74. The zero-order valence-electron chi connectivity index (χ0n) is 16.5. The van der Waals surface area contributed by atoms with E-state index in [-0.39, 0.29) is 5.91 Å². The fraction of sp³-hybridized carbons (Fsp3) is 0.286. The van der Waals surface area contributed by atoms with Crippen LogP contribution in [0.1, 0.15) is 11.1 Å². The lowest BCUT2D eigenvalue weighted by Gasteiger charge is -2.18. The molecule has 0 bridgehead atoms. The molecular weight excluding hydrogens is 346 g/mol. The molecule has 0 aliphatic heterocycles. The largest absolute Gasteiger partial charge is 0.497 e. The minimum atomic E-state index is -0.167. The first-order valence-corrected chi connectivity index (χ1v) is 8.33. The molecule has 2 aromatic carbocycles. The molecule has 0 aliphatic rings. The van der Waals surface area contributed by atoms with Crippen molar-refractivity contribution in [3.8, 4) is 23.0 Å². The van der Waals surface area contributed by atoms with Crippen LogP contribution < -0.4 is 18.9 Å². The Kier molecular flexibility index (Phi) is 6.71. The molecule has 1 amide bonds. The highest BCUT2D eigenvalue weighted by atomic mass is 16.5. The van der Waals surface area contributed by atoms with Crippen LogP contribution in [0.25, 0.3) is 5.57 Å². The maximum absolute atomic E-state index is 12.5. The molecule has 0 fully saturated rings. The molecule has 0 radical (unpaired) electrons. The lowest BCUT2D eigenvalue weighted by Crippen LogP contribution is -2.19. The third-order valence-electron chi connectivity index (χ3n) is 4.10. The molecule has 0 aromatic heterocycles. The molecule has 0 saturated carbocycles. The molecule has 6 nitrogen and oxygen atoms in total. The second-order valence-electron chi connectivity index (χ2n) is 5.92. The van der Waals surface area contributed by atoms with Crippen LogP contribution in [0, 0.1) is 0 Å². The van der Waals surface area contributed by atoms with Gasteiger partial charge in [0.25, 0.3) is 0 Å². The van der Waals surface area contributed by atoms with E-state index in [1.807, 2.05) is 12.1 Å². The molecule has 2 rings (SSSR count). The number of hydrogen-bond donors (Lipinski definition) is 0. The molecule has 144 valence electrons. The standard InChI is InChI=1S/C21H25NO5/c1-22(2)21(23)13-16(17-11-14(24-3)7-9-19(17)26-5)18-12-15(25-4)8-10-20(18)27-6/h7-13H,1-6H3. The van der Waals surface area contributed by atoms with Crippen LogP contribution in [0.4, 0.5) is 0 Å². The first-order chi connectivity index (χ1) is 12.9. The zero-order chi connectivity index (χ0) is 20.0. The van der Waals surface area contributed by atoms with Gasteiger partial charge in [0.2, 0.25) is 5.91 Å². The summed E-state index contributed by atoms with van der Waals surface area (Å²) in [5.41, 5.74) is 2.05. The predicted octanol–water partition coefficient (Wildman–Crippen LogP) is 3.24. The Balaban J connectivity index is 2.81. The molecule has 0 aliphatic carbocycles. The summed E-state index contributed by atoms with van der Waals surface area (Å²) < 4.78 is 21.8. The van der Waals surface area contributed by atoms with E-state index in [4.69, 9.17) is 18.9 Å². The lowest BCUT2D eigenvalue weighted by molar-refractivity contribution is -0.123. The van der Waals surface area contributed by atoms with Crippen LogP contribution >= 0.6 is 0 Å². The third kappa shape index (κ3) is 4.53. The van der Waals surface area contributed by atoms with Gasteiger partial charge < -0.3 is 23.8 Å². The zero-order valence-corrected chi connectivity index (χ0v) is 16.5. The second kappa shape index (κ2) is 8.98. The number of benzene rings is 2. The van der Waals surface area contributed by atoms with Crippen molar-refractivity contribution in [2.45, 2.75) is 0 Å². The summed E-state index contributed by atoms with van der Waals surface area (Å²) in [6, 6.07) is 10.9. The van der Waals surface area contributed by atoms with Crippen molar-refractivity contribution in [1.29, 1.82) is 0 Å². The summed E-state index contributed by atoms with van der Waals surface area (Å²) in [6.07, 6.45) is 1.55. The predicted molar refractivity (Wildman–Crippen MR) is 105 cm³/mol. The van der Waals surface area contributed by atoms with E-state index in [1.54, 1.807) is 72.9 Å². The highest BCUT2D eigenvalue weighted by molar-refractivity contribution is 6.01. The minimum Gasteiger partial charge on any atom is -0.497 e. The Hall–Kier alpha value is -3.15. The Labute approximate surface area is 159 Å². The number of likely N-dealkylation sites (N-methyl/N-ethyl adjacent to an activating group) is 1. The molecule has 0 unspecified atom stereocenters. The van der Waals surface area contributed by atoms with Crippen LogP contribution in [-0.2, 0) is 4.79 Å². The van der Waals surface area contributed by atoms with Gasteiger partial charge in [-0.05, 0) is 36.4 Å². The van der Waals surface area contributed by atoms with Gasteiger partial charge in [-0.1, -0.05) is 0 Å². The molecular formula is C21H25NO5. The van der Waals surface area contributed by atoms with Crippen molar-refractivity contribution in [3.63, 3.8) is 0 Å². The summed E-state index contributed by atoms with van der Waals surface area (Å²) >= 11 is 0. The topological polar surface area (TPSA) is 57.2 Å². The van der Waals surface area contributed by atoms with Crippen molar-refractivity contribution < 1.29 is 23.7 Å². The molecule has 0 atom stereocenters. The Bertz CT molecular complexity index is 785. The molecule has 27 heavy (non-hydrogen) atoms. The SMILES string of the molecule is COc1ccc(OC)c(C(=CC(=O)N(C)C)c2cc(OC)ccc2OC)c1. The first kappa shape index (κ1) is 20.2. The number of hydrogen-bond acceptors (Lipinski definition) is 5. The van der Waals surface area contributed by atoms with Gasteiger partial charge in [0.15, 0.2) is 0 Å². The second-order valence-corrected chi connectivity index (χ2v) is 5.92. The molecule has 0 heterocycles. The number of ether oxygens (including phenoxy) is 4. The van der Waals surface area contributed by atoms with E-state index in [0.717, 1.165) is 0 Å². The summed E-state index contributed by atoms with van der Waals surface area (Å²) in [5.74, 6) is 2.35. The van der Waals surface area contributed by atoms with Gasteiger partial charge in [0, 0.05) is 36.9 Å². The third-order valence-corrected chi connectivity index (χ3v) is 4.10. The first-order valence-electron chi connectivity index (χ1n) is 8.33. The van der Waals surface area contributed by atoms with Gasteiger partial charge in [0.1, 0.15) is 23.0 Å². The normalized spacial score (nSPS) is 10.0. The maximum atomic E-state index is 12.5. The van der Waals surface area contributed by atoms with E-state index < -0.39 is 0 Å². The fourth-order valence-corrected chi connectivity index (χ4v) is 2.60. The van der Waals surface area contributed by atoms with E-state index >= 15 is 0 Å². The molecule has 0 spiro atoms. The van der Waals surface area contributed by atoms with Crippen LogP contribution in [0.3, 0.4) is 0 Å². The molecule has 0 N–H and O–H groups in total. The highest BCUT2D eigenvalue weighted by Gasteiger charge is 2.19. The van der Waals surface area contributed by atoms with E-state index in [1.165, 1.54) is 4.90 Å². The number of methoxy groups -OCH3 is 4. The number of rotatable bonds is 7. The summed E-state index contributed by atoms with van der Waals surface area (Å²) in [5, 5.41) is 0. The summed E-state index contributed by atoms with van der Waals surface area (Å²) in [6.45, 7) is 0. The number of nitrogens with zero attached hydrogens (tertiary/aromatic N) is 1. The maximum Gasteiger partial charge on any atom is 0.246 e. The van der Waals surface area contributed by atoms with Crippen molar-refractivity contribution >= 4 is 11.5 Å². The van der Waals surface area contributed by atoms with Crippen LogP contribution in [0.15, 0.2) is 42.5 Å². The van der Waals surface area contributed by atoms with E-state index in [9.17, 15) is 4.79 Å². The van der Waals surface area contributed by atoms with Crippen molar-refractivity contribution in [2.24, 2.45) is 0 Å². The average Bonchev–Trinajstić information content (AvgIpc) is 2.70. The highest BCUT2D eigenvalue weighted by Crippen LogP contribution is 2.39. The van der Waals surface area contributed by atoms with Gasteiger partial charge in [-0.2, -0.15) is 0 Å². The molecule has 6 heteroatoms.